The molecule has 0 spiro atoms. The molecule has 1 fully saturated rings. The SMILES string of the molecule is CCCCNc1ncnc2c1nc(C1CC1)n2COCC[Si-](C)(C)C. The van der Waals surface area contributed by atoms with Crippen molar-refractivity contribution >= 4 is 25.1 Å². The lowest BCUT2D eigenvalue weighted by atomic mass is 10.3. The van der Waals surface area contributed by atoms with Crippen LogP contribution in [0, 0.1) is 0 Å². The van der Waals surface area contributed by atoms with Gasteiger partial charge in [0.25, 0.3) is 0 Å². The van der Waals surface area contributed by atoms with Crippen LogP contribution in [0.25, 0.3) is 11.2 Å². The van der Waals surface area contributed by atoms with Crippen molar-refractivity contribution in [3.63, 3.8) is 0 Å². The van der Waals surface area contributed by atoms with Gasteiger partial charge < -0.3 is 10.1 Å². The molecular formula is C18H31N5OSi-. The lowest BCUT2D eigenvalue weighted by Crippen LogP contribution is -2.22. The zero-order valence-electron chi connectivity index (χ0n) is 16.0. The molecule has 1 N–H and O–H groups in total. The second kappa shape index (κ2) is 7.82. The van der Waals surface area contributed by atoms with Crippen molar-refractivity contribution < 1.29 is 4.74 Å². The molecule has 0 atom stereocenters. The molecule has 0 radical (unpaired) electrons. The average Bonchev–Trinajstić information content (AvgIpc) is 3.33. The van der Waals surface area contributed by atoms with Gasteiger partial charge in [0.2, 0.25) is 0 Å². The molecule has 139 valence electrons. The fraction of sp³-hybridized carbons (Fsp3) is 0.722. The van der Waals surface area contributed by atoms with Crippen LogP contribution in [-0.4, -0.2) is 40.7 Å². The van der Waals surface area contributed by atoms with E-state index in [9.17, 15) is 0 Å². The van der Waals surface area contributed by atoms with Crippen LogP contribution in [0.5, 0.6) is 0 Å². The quantitative estimate of drug-likeness (QED) is 0.507. The van der Waals surface area contributed by atoms with E-state index in [0.29, 0.717) is 12.6 Å². The van der Waals surface area contributed by atoms with Crippen molar-refractivity contribution in [1.29, 1.82) is 0 Å². The molecule has 0 unspecified atom stereocenters. The van der Waals surface area contributed by atoms with Crippen molar-refractivity contribution in [2.24, 2.45) is 0 Å². The monoisotopic (exact) mass is 361 g/mol. The highest BCUT2D eigenvalue weighted by atomic mass is 28.3. The molecule has 0 aliphatic heterocycles. The Morgan fingerprint density at radius 3 is 2.76 bits per heavy atom. The number of imidazole rings is 1. The average molecular weight is 362 g/mol. The number of nitrogens with zero attached hydrogens (tertiary/aromatic N) is 4. The summed E-state index contributed by atoms with van der Waals surface area (Å²) in [6, 6.07) is 1.18. The number of unbranched alkanes of at least 4 members (excludes halogenated alkanes) is 1. The molecule has 3 rings (SSSR count). The van der Waals surface area contributed by atoms with Gasteiger partial charge in [-0.25, -0.2) is 15.0 Å². The lowest BCUT2D eigenvalue weighted by molar-refractivity contribution is 0.0875. The standard InChI is InChI=1S/C18H31N5OSi/c1-5-6-9-19-16-15-18(21-12-20-16)23(17(22-15)14-7-8-14)13-24-10-11-25(2,3)4/h12,14H,5-11,13H2,1-4H3,(H,19,20,21)/q-1. The molecule has 6 nitrogen and oxygen atoms in total. The number of rotatable bonds is 10. The van der Waals surface area contributed by atoms with Crippen molar-refractivity contribution in [3.8, 4) is 0 Å². The van der Waals surface area contributed by atoms with Crippen LogP contribution in [0.1, 0.15) is 44.3 Å². The zero-order valence-corrected chi connectivity index (χ0v) is 17.0. The van der Waals surface area contributed by atoms with E-state index in [1.54, 1.807) is 6.33 Å². The summed E-state index contributed by atoms with van der Waals surface area (Å²) in [5, 5.41) is 3.41. The minimum Gasteiger partial charge on any atom is -0.368 e. The zero-order chi connectivity index (χ0) is 17.9. The molecule has 25 heavy (non-hydrogen) atoms. The maximum absolute atomic E-state index is 6.00. The van der Waals surface area contributed by atoms with Gasteiger partial charge in [-0.05, 0) is 19.3 Å². The molecule has 0 aromatic carbocycles. The number of nitrogens with one attached hydrogen (secondary N) is 1. The number of hydrogen-bond acceptors (Lipinski definition) is 5. The van der Waals surface area contributed by atoms with E-state index in [2.05, 4.69) is 46.4 Å². The molecule has 0 amide bonds. The van der Waals surface area contributed by atoms with Crippen molar-refractivity contribution in [2.45, 2.75) is 70.9 Å². The third-order valence-electron chi connectivity index (χ3n) is 4.54. The second-order valence-corrected chi connectivity index (χ2v) is 13.8. The summed E-state index contributed by atoms with van der Waals surface area (Å²) < 4.78 is 8.15. The van der Waals surface area contributed by atoms with Crippen molar-refractivity contribution in [3.05, 3.63) is 12.2 Å². The summed E-state index contributed by atoms with van der Waals surface area (Å²) in [6.07, 6.45) is 6.34. The van der Waals surface area contributed by atoms with Gasteiger partial charge in [-0.3, -0.25) is 4.57 Å². The largest absolute Gasteiger partial charge is 0.368 e. The first-order valence-electron chi connectivity index (χ1n) is 9.52. The number of ether oxygens (including phenoxy) is 1. The summed E-state index contributed by atoms with van der Waals surface area (Å²) in [4.78, 5) is 13.8. The molecule has 2 heterocycles. The molecule has 0 saturated heterocycles. The van der Waals surface area contributed by atoms with E-state index in [1.807, 2.05) is 0 Å². The lowest BCUT2D eigenvalue weighted by Gasteiger charge is -2.26. The molecular weight excluding hydrogens is 330 g/mol. The summed E-state index contributed by atoms with van der Waals surface area (Å²) in [6.45, 7) is 11.6. The first-order valence-corrected chi connectivity index (χ1v) is 13.2. The molecule has 7 heteroatoms. The first-order chi connectivity index (χ1) is 12.0. The summed E-state index contributed by atoms with van der Waals surface area (Å²) in [7, 11) is -1.07. The topological polar surface area (TPSA) is 64.9 Å². The van der Waals surface area contributed by atoms with Crippen LogP contribution in [-0.2, 0) is 11.5 Å². The minimum atomic E-state index is -1.07. The highest BCUT2D eigenvalue weighted by molar-refractivity contribution is 6.76. The molecule has 1 aliphatic carbocycles. The fourth-order valence-electron chi connectivity index (χ4n) is 2.78. The second-order valence-electron chi connectivity index (χ2n) is 8.20. The molecule has 2 aromatic heterocycles. The maximum atomic E-state index is 6.00. The summed E-state index contributed by atoms with van der Waals surface area (Å²) >= 11 is 0. The maximum Gasteiger partial charge on any atom is 0.167 e. The highest BCUT2D eigenvalue weighted by Gasteiger charge is 2.30. The third-order valence-corrected chi connectivity index (χ3v) is 6.25. The molecule has 2 aromatic rings. The van der Waals surface area contributed by atoms with Crippen molar-refractivity contribution in [2.75, 3.05) is 18.5 Å². The normalized spacial score (nSPS) is 15.0. The van der Waals surface area contributed by atoms with Crippen molar-refractivity contribution in [1.82, 2.24) is 19.5 Å². The summed E-state index contributed by atoms with van der Waals surface area (Å²) in [5.74, 6) is 2.52. The van der Waals surface area contributed by atoms with E-state index in [1.165, 1.54) is 18.9 Å². The van der Waals surface area contributed by atoms with Crippen LogP contribution in [0.3, 0.4) is 0 Å². The number of anilines is 1. The first kappa shape index (κ1) is 18.3. The van der Waals surface area contributed by atoms with E-state index in [0.717, 1.165) is 48.8 Å². The van der Waals surface area contributed by atoms with Gasteiger partial charge >= 0.3 is 0 Å². The Kier molecular flexibility index (Phi) is 5.73. The Labute approximate surface area is 151 Å². The molecule has 1 aliphatic rings. The Morgan fingerprint density at radius 1 is 1.28 bits per heavy atom. The Bertz CT molecular complexity index is 705. The number of aromatic nitrogens is 4. The molecule has 1 saturated carbocycles. The fourth-order valence-corrected chi connectivity index (χ4v) is 3.54. The minimum absolute atomic E-state index is 0.540. The van der Waals surface area contributed by atoms with Gasteiger partial charge in [0.1, 0.15) is 18.9 Å². The van der Waals surface area contributed by atoms with Crippen LogP contribution < -0.4 is 5.32 Å². The highest BCUT2D eigenvalue weighted by Crippen LogP contribution is 2.41. The molecule has 0 bridgehead atoms. The number of fused-ring (bicyclic) bond motifs is 1. The van der Waals surface area contributed by atoms with Crippen LogP contribution in [0.2, 0.25) is 25.7 Å². The van der Waals surface area contributed by atoms with Gasteiger partial charge in [-0.15, -0.1) is 14.1 Å². The van der Waals surface area contributed by atoms with Gasteiger partial charge in [-0.1, -0.05) is 13.3 Å². The van der Waals surface area contributed by atoms with Gasteiger partial charge in [0.05, 0.1) is 0 Å². The van der Waals surface area contributed by atoms with E-state index < -0.39 is 8.07 Å². The van der Waals surface area contributed by atoms with E-state index in [4.69, 9.17) is 9.72 Å². The van der Waals surface area contributed by atoms with Crippen LogP contribution in [0.15, 0.2) is 6.33 Å². The van der Waals surface area contributed by atoms with Crippen LogP contribution in [0.4, 0.5) is 5.82 Å². The van der Waals surface area contributed by atoms with Gasteiger partial charge in [-0.2, -0.15) is 19.6 Å². The third kappa shape index (κ3) is 4.79. The summed E-state index contributed by atoms with van der Waals surface area (Å²) in [5.41, 5.74) is 1.78. The predicted octanol–water partition coefficient (Wildman–Crippen LogP) is 4.23. The van der Waals surface area contributed by atoms with Crippen LogP contribution >= 0.6 is 0 Å². The number of hydrogen-bond donors (Lipinski definition) is 1. The van der Waals surface area contributed by atoms with E-state index >= 15 is 0 Å². The predicted molar refractivity (Wildman–Crippen MR) is 105 cm³/mol. The van der Waals surface area contributed by atoms with Gasteiger partial charge in [0, 0.05) is 19.1 Å². The Morgan fingerprint density at radius 2 is 2.08 bits per heavy atom. The Hall–Kier alpha value is -1.47. The Balaban J connectivity index is 1.78. The van der Waals surface area contributed by atoms with E-state index in [-0.39, 0.29) is 0 Å². The smallest absolute Gasteiger partial charge is 0.167 e. The van der Waals surface area contributed by atoms with Gasteiger partial charge in [0.15, 0.2) is 17.0 Å².